The minimum absolute atomic E-state index is 0.0440. The quantitative estimate of drug-likeness (QED) is 0.376. The number of rotatable bonds is 6. The molecule has 27 heavy (non-hydrogen) atoms. The molecule has 2 aromatic carbocycles. The van der Waals surface area contributed by atoms with E-state index in [1.165, 1.54) is 11.8 Å². The van der Waals surface area contributed by atoms with E-state index >= 15 is 0 Å². The normalized spacial score (nSPS) is 13.9. The van der Waals surface area contributed by atoms with Crippen LogP contribution in [-0.4, -0.2) is 26.7 Å². The lowest BCUT2D eigenvalue weighted by atomic mass is 10.0. The number of para-hydroxylation sites is 1. The zero-order chi connectivity index (χ0) is 18.2. The van der Waals surface area contributed by atoms with Crippen LogP contribution in [0.4, 0.5) is 0 Å². The molecule has 2 aromatic heterocycles. The topological polar surface area (TPSA) is 71.8 Å². The Kier molecular flexibility index (Phi) is 4.05. The maximum absolute atomic E-state index is 13.1. The number of ketones is 1. The van der Waals surface area contributed by atoms with Gasteiger partial charge in [0, 0.05) is 16.8 Å². The standard InChI is InChI=1S/C21H17N3O2S/c25-17(12-27-21-24-23-20(26-21)14-10-11-14)18-15-8-4-5-9-16(15)22-19(18)13-6-2-1-3-7-13/h1-9,14,22H,10-12H2. The van der Waals surface area contributed by atoms with Gasteiger partial charge in [0.25, 0.3) is 5.22 Å². The number of nitrogens with zero attached hydrogens (tertiary/aromatic N) is 2. The number of carbonyl (C=O) groups is 1. The minimum Gasteiger partial charge on any atom is -0.416 e. The van der Waals surface area contributed by atoms with Gasteiger partial charge in [-0.25, -0.2) is 0 Å². The first-order chi connectivity index (χ1) is 13.3. The van der Waals surface area contributed by atoms with Gasteiger partial charge in [-0.1, -0.05) is 60.3 Å². The molecule has 0 amide bonds. The molecule has 0 bridgehead atoms. The summed E-state index contributed by atoms with van der Waals surface area (Å²) in [6.45, 7) is 0. The zero-order valence-electron chi connectivity index (χ0n) is 14.5. The van der Waals surface area contributed by atoms with Gasteiger partial charge < -0.3 is 9.40 Å². The number of aromatic amines is 1. The van der Waals surface area contributed by atoms with E-state index in [-0.39, 0.29) is 11.5 Å². The summed E-state index contributed by atoms with van der Waals surface area (Å²) in [6, 6.07) is 17.8. The number of benzene rings is 2. The Morgan fingerprint density at radius 1 is 1.07 bits per heavy atom. The van der Waals surface area contributed by atoms with Crippen molar-refractivity contribution in [2.75, 3.05) is 5.75 Å². The van der Waals surface area contributed by atoms with E-state index in [9.17, 15) is 4.79 Å². The molecule has 1 saturated carbocycles. The second-order valence-corrected chi connectivity index (χ2v) is 7.61. The average Bonchev–Trinajstić information content (AvgIpc) is 3.32. The van der Waals surface area contributed by atoms with Crippen LogP contribution in [0.1, 0.15) is 35.0 Å². The van der Waals surface area contributed by atoms with Crippen LogP contribution < -0.4 is 0 Å². The van der Waals surface area contributed by atoms with E-state index in [1.807, 2.05) is 54.6 Å². The van der Waals surface area contributed by atoms with Gasteiger partial charge in [-0.3, -0.25) is 4.79 Å². The highest BCUT2D eigenvalue weighted by atomic mass is 32.2. The average molecular weight is 375 g/mol. The second kappa shape index (κ2) is 6.70. The molecular weight excluding hydrogens is 358 g/mol. The Balaban J connectivity index is 1.46. The van der Waals surface area contributed by atoms with Crippen molar-refractivity contribution < 1.29 is 9.21 Å². The first-order valence-corrected chi connectivity index (χ1v) is 9.93. The van der Waals surface area contributed by atoms with Crippen LogP contribution >= 0.6 is 11.8 Å². The van der Waals surface area contributed by atoms with Crippen molar-refractivity contribution in [1.29, 1.82) is 0 Å². The van der Waals surface area contributed by atoms with E-state index in [2.05, 4.69) is 15.2 Å². The molecule has 5 rings (SSSR count). The molecule has 0 aliphatic heterocycles. The van der Waals surface area contributed by atoms with Crippen molar-refractivity contribution >= 4 is 28.4 Å². The number of nitrogens with one attached hydrogen (secondary N) is 1. The fraction of sp³-hybridized carbons (Fsp3) is 0.190. The molecule has 4 aromatic rings. The molecule has 1 aliphatic rings. The molecule has 1 N–H and O–H groups in total. The molecular formula is C21H17N3O2S. The summed E-state index contributed by atoms with van der Waals surface area (Å²) in [5.74, 6) is 1.42. The van der Waals surface area contributed by atoms with E-state index < -0.39 is 0 Å². The van der Waals surface area contributed by atoms with Crippen LogP contribution in [0, 0.1) is 0 Å². The van der Waals surface area contributed by atoms with Crippen molar-refractivity contribution in [1.82, 2.24) is 15.2 Å². The van der Waals surface area contributed by atoms with E-state index in [4.69, 9.17) is 4.42 Å². The van der Waals surface area contributed by atoms with Gasteiger partial charge >= 0.3 is 0 Å². The minimum atomic E-state index is 0.0440. The molecule has 0 unspecified atom stereocenters. The highest BCUT2D eigenvalue weighted by molar-refractivity contribution is 7.99. The van der Waals surface area contributed by atoms with Crippen LogP contribution in [0.2, 0.25) is 0 Å². The fourth-order valence-electron chi connectivity index (χ4n) is 3.23. The van der Waals surface area contributed by atoms with Crippen molar-refractivity contribution in [3.8, 4) is 11.3 Å². The van der Waals surface area contributed by atoms with Crippen LogP contribution in [0.15, 0.2) is 64.2 Å². The van der Waals surface area contributed by atoms with Crippen molar-refractivity contribution in [3.63, 3.8) is 0 Å². The van der Waals surface area contributed by atoms with Crippen LogP contribution in [0.3, 0.4) is 0 Å². The van der Waals surface area contributed by atoms with Gasteiger partial charge in [-0.05, 0) is 24.5 Å². The number of fused-ring (bicyclic) bond motifs is 1. The number of carbonyl (C=O) groups excluding carboxylic acids is 1. The number of H-pyrrole nitrogens is 1. The Morgan fingerprint density at radius 3 is 2.67 bits per heavy atom. The molecule has 0 spiro atoms. The molecule has 0 radical (unpaired) electrons. The number of Topliss-reactive ketones (excluding diaryl/α,β-unsaturated/α-hetero) is 1. The molecule has 5 nitrogen and oxygen atoms in total. The van der Waals surface area contributed by atoms with Crippen LogP contribution in [-0.2, 0) is 0 Å². The first-order valence-electron chi connectivity index (χ1n) is 8.95. The summed E-state index contributed by atoms with van der Waals surface area (Å²) in [5.41, 5.74) is 3.52. The van der Waals surface area contributed by atoms with Crippen LogP contribution in [0.25, 0.3) is 22.2 Å². The highest BCUT2D eigenvalue weighted by Crippen LogP contribution is 2.40. The van der Waals surface area contributed by atoms with Gasteiger partial charge in [-0.2, -0.15) is 0 Å². The van der Waals surface area contributed by atoms with Gasteiger partial charge in [0.1, 0.15) is 0 Å². The third kappa shape index (κ3) is 3.17. The number of thioether (sulfide) groups is 1. The first kappa shape index (κ1) is 16.3. The Morgan fingerprint density at radius 2 is 1.85 bits per heavy atom. The van der Waals surface area contributed by atoms with Gasteiger partial charge in [0.05, 0.1) is 17.0 Å². The van der Waals surface area contributed by atoms with E-state index in [1.54, 1.807) is 0 Å². The van der Waals surface area contributed by atoms with Crippen molar-refractivity contribution in [2.24, 2.45) is 0 Å². The van der Waals surface area contributed by atoms with Crippen molar-refractivity contribution in [2.45, 2.75) is 24.0 Å². The summed E-state index contributed by atoms with van der Waals surface area (Å²) in [5, 5.41) is 9.54. The molecule has 1 fully saturated rings. The maximum Gasteiger partial charge on any atom is 0.277 e. The molecule has 2 heterocycles. The highest BCUT2D eigenvalue weighted by Gasteiger charge is 2.29. The number of aromatic nitrogens is 3. The Hall–Kier alpha value is -2.86. The largest absolute Gasteiger partial charge is 0.416 e. The fourth-order valence-corrected chi connectivity index (χ4v) is 3.87. The predicted octanol–water partition coefficient (Wildman–Crippen LogP) is 5.07. The second-order valence-electron chi connectivity index (χ2n) is 6.68. The Labute approximate surface area is 160 Å². The summed E-state index contributed by atoms with van der Waals surface area (Å²) < 4.78 is 5.66. The number of hydrogen-bond donors (Lipinski definition) is 1. The molecule has 0 atom stereocenters. The third-order valence-electron chi connectivity index (χ3n) is 4.72. The molecule has 134 valence electrons. The Bertz CT molecular complexity index is 1110. The van der Waals surface area contributed by atoms with Crippen LogP contribution in [0.5, 0.6) is 0 Å². The molecule has 0 saturated heterocycles. The lowest BCUT2D eigenvalue weighted by Crippen LogP contribution is -2.03. The van der Waals surface area contributed by atoms with Crippen molar-refractivity contribution in [3.05, 3.63) is 66.1 Å². The summed E-state index contributed by atoms with van der Waals surface area (Å²) in [7, 11) is 0. The number of hydrogen-bond acceptors (Lipinski definition) is 5. The van der Waals surface area contributed by atoms with Gasteiger partial charge in [-0.15, -0.1) is 10.2 Å². The SMILES string of the molecule is O=C(CSc1nnc(C2CC2)o1)c1c(-c2ccccc2)[nH]c2ccccc12. The summed E-state index contributed by atoms with van der Waals surface area (Å²) in [6.07, 6.45) is 2.22. The lowest BCUT2D eigenvalue weighted by Gasteiger charge is -2.04. The van der Waals surface area contributed by atoms with E-state index in [0.717, 1.165) is 35.0 Å². The predicted molar refractivity (Wildman–Crippen MR) is 105 cm³/mol. The summed E-state index contributed by atoms with van der Waals surface area (Å²) in [4.78, 5) is 16.5. The third-order valence-corrected chi connectivity index (χ3v) is 5.54. The molecule has 6 heteroatoms. The summed E-state index contributed by atoms with van der Waals surface area (Å²) >= 11 is 1.30. The molecule has 1 aliphatic carbocycles. The van der Waals surface area contributed by atoms with Gasteiger partial charge in [0.2, 0.25) is 5.89 Å². The lowest BCUT2D eigenvalue weighted by molar-refractivity contribution is 0.102. The zero-order valence-corrected chi connectivity index (χ0v) is 15.3. The smallest absolute Gasteiger partial charge is 0.277 e. The maximum atomic E-state index is 13.1. The monoisotopic (exact) mass is 375 g/mol. The van der Waals surface area contributed by atoms with E-state index in [0.29, 0.717) is 22.6 Å². The van der Waals surface area contributed by atoms with Gasteiger partial charge in [0.15, 0.2) is 5.78 Å².